The molecule has 0 spiro atoms. The lowest BCUT2D eigenvalue weighted by Crippen LogP contribution is -2.11. The lowest BCUT2D eigenvalue weighted by molar-refractivity contribution is -0.0328. The van der Waals surface area contributed by atoms with Gasteiger partial charge in [0.25, 0.3) is 0 Å². The zero-order valence-corrected chi connectivity index (χ0v) is 10.1. The smallest absolute Gasteiger partial charge is 0.441 e. The van der Waals surface area contributed by atoms with Crippen molar-refractivity contribution < 1.29 is 27.9 Å². The van der Waals surface area contributed by atoms with Crippen LogP contribution in [0.25, 0.3) is 0 Å². The molecule has 0 aromatic carbocycles. The summed E-state index contributed by atoms with van der Waals surface area (Å²) in [5.74, 6) is -1.92. The normalized spacial score (nSPS) is 11.6. The van der Waals surface area contributed by atoms with Crippen molar-refractivity contribution in [2.45, 2.75) is 19.0 Å². The van der Waals surface area contributed by atoms with Gasteiger partial charge in [-0.1, -0.05) is 0 Å². The van der Waals surface area contributed by atoms with Crippen LogP contribution in [0, 0.1) is 0 Å². The van der Waals surface area contributed by atoms with E-state index in [0.29, 0.717) is 0 Å². The molecule has 0 aliphatic carbocycles. The fourth-order valence-electron chi connectivity index (χ4n) is 1.33. The van der Waals surface area contributed by atoms with E-state index in [1.54, 1.807) is 0 Å². The highest BCUT2D eigenvalue weighted by Gasteiger charge is 2.27. The molecule has 0 radical (unpaired) electrons. The lowest BCUT2D eigenvalue weighted by Gasteiger charge is -2.07. The zero-order valence-electron chi connectivity index (χ0n) is 9.32. The molecule has 1 heterocycles. The number of thioether (sulfide) groups is 1. The second-order valence-electron chi connectivity index (χ2n) is 3.46. The van der Waals surface area contributed by atoms with Gasteiger partial charge in [0.2, 0.25) is 0 Å². The van der Waals surface area contributed by atoms with Crippen molar-refractivity contribution in [2.24, 2.45) is 0 Å². The number of carboxylic acids is 1. The van der Waals surface area contributed by atoms with Crippen molar-refractivity contribution >= 4 is 23.5 Å². The molecule has 8 heteroatoms. The van der Waals surface area contributed by atoms with E-state index in [4.69, 9.17) is 5.11 Å². The van der Waals surface area contributed by atoms with E-state index in [0.717, 1.165) is 10.6 Å². The van der Waals surface area contributed by atoms with Crippen molar-refractivity contribution in [3.05, 3.63) is 23.5 Å². The van der Waals surface area contributed by atoms with E-state index in [-0.39, 0.29) is 41.1 Å². The first-order valence-corrected chi connectivity index (χ1v) is 5.84. The number of nitrogens with zero attached hydrogens (tertiary/aromatic N) is 1. The third-order valence-corrected chi connectivity index (χ3v) is 2.83. The number of carboxylic acid groups (broad SMARTS) is 1. The molecule has 0 bridgehead atoms. The van der Waals surface area contributed by atoms with E-state index >= 15 is 0 Å². The standard InChI is InChI=1S/C10H10F3NO3S/c1-6(15)7-4-8(9(16)17)14(5-7)2-3-18-10(11,12)13/h4-5H,2-3H2,1H3,(H,16,17). The van der Waals surface area contributed by atoms with Crippen LogP contribution in [0.15, 0.2) is 12.3 Å². The van der Waals surface area contributed by atoms with E-state index in [2.05, 4.69) is 0 Å². The number of hydrogen-bond donors (Lipinski definition) is 1. The van der Waals surface area contributed by atoms with Crippen LogP contribution in [0.4, 0.5) is 13.2 Å². The fourth-order valence-corrected chi connectivity index (χ4v) is 1.85. The Morgan fingerprint density at radius 3 is 2.50 bits per heavy atom. The summed E-state index contributed by atoms with van der Waals surface area (Å²) in [6.45, 7) is 1.13. The van der Waals surface area contributed by atoms with Gasteiger partial charge in [-0.25, -0.2) is 4.79 Å². The molecule has 100 valence electrons. The highest BCUT2D eigenvalue weighted by molar-refractivity contribution is 8.00. The SMILES string of the molecule is CC(=O)c1cc(C(=O)O)n(CCSC(F)(F)F)c1. The van der Waals surface area contributed by atoms with Crippen LogP contribution in [0.2, 0.25) is 0 Å². The number of carbonyl (C=O) groups excluding carboxylic acids is 1. The van der Waals surface area contributed by atoms with Crippen LogP contribution in [-0.4, -0.2) is 32.7 Å². The molecular formula is C10H10F3NO3S. The number of alkyl halides is 3. The van der Waals surface area contributed by atoms with Gasteiger partial charge in [0, 0.05) is 24.1 Å². The second kappa shape index (κ2) is 5.47. The Kier molecular flexibility index (Phi) is 4.44. The third kappa shape index (κ3) is 4.10. The van der Waals surface area contributed by atoms with Gasteiger partial charge in [0.1, 0.15) is 5.69 Å². The van der Waals surface area contributed by atoms with Crippen LogP contribution >= 0.6 is 11.8 Å². The average Bonchev–Trinajstić information content (AvgIpc) is 2.59. The average molecular weight is 281 g/mol. The minimum Gasteiger partial charge on any atom is -0.477 e. The maximum absolute atomic E-state index is 11.9. The number of aromatic nitrogens is 1. The molecule has 0 saturated carbocycles. The molecule has 1 aromatic heterocycles. The van der Waals surface area contributed by atoms with Gasteiger partial charge in [0.05, 0.1) is 0 Å². The van der Waals surface area contributed by atoms with E-state index in [9.17, 15) is 22.8 Å². The van der Waals surface area contributed by atoms with Crippen molar-refractivity contribution in [3.63, 3.8) is 0 Å². The molecular weight excluding hydrogens is 271 g/mol. The van der Waals surface area contributed by atoms with Gasteiger partial charge in [-0.2, -0.15) is 13.2 Å². The number of aromatic carboxylic acids is 1. The minimum atomic E-state index is -4.35. The van der Waals surface area contributed by atoms with Crippen LogP contribution in [0.1, 0.15) is 27.8 Å². The lowest BCUT2D eigenvalue weighted by atomic mass is 10.2. The van der Waals surface area contributed by atoms with Gasteiger partial charge in [-0.15, -0.1) is 0 Å². The molecule has 0 amide bonds. The Balaban J connectivity index is 2.81. The number of hydrogen-bond acceptors (Lipinski definition) is 3. The quantitative estimate of drug-likeness (QED) is 0.843. The van der Waals surface area contributed by atoms with Gasteiger partial charge in [0.15, 0.2) is 5.78 Å². The molecule has 0 unspecified atom stereocenters. The molecule has 0 saturated heterocycles. The molecule has 1 rings (SSSR count). The van der Waals surface area contributed by atoms with Gasteiger partial charge >= 0.3 is 11.5 Å². The van der Waals surface area contributed by atoms with E-state index < -0.39 is 11.5 Å². The summed E-state index contributed by atoms with van der Waals surface area (Å²) in [5, 5.41) is 8.86. The maximum Gasteiger partial charge on any atom is 0.441 e. The highest BCUT2D eigenvalue weighted by atomic mass is 32.2. The molecule has 0 aliphatic rings. The Morgan fingerprint density at radius 2 is 2.06 bits per heavy atom. The first-order valence-electron chi connectivity index (χ1n) is 4.86. The molecule has 0 atom stereocenters. The maximum atomic E-state index is 11.9. The monoisotopic (exact) mass is 281 g/mol. The molecule has 18 heavy (non-hydrogen) atoms. The third-order valence-electron chi connectivity index (χ3n) is 2.12. The second-order valence-corrected chi connectivity index (χ2v) is 4.62. The van der Waals surface area contributed by atoms with Gasteiger partial charge in [-0.3, -0.25) is 4.79 Å². The Hall–Kier alpha value is -1.44. The highest BCUT2D eigenvalue weighted by Crippen LogP contribution is 2.30. The number of Topliss-reactive ketones (excluding diaryl/α,β-unsaturated/α-hetero) is 1. The summed E-state index contributed by atoms with van der Waals surface area (Å²) >= 11 is -0.232. The van der Waals surface area contributed by atoms with Crippen molar-refractivity contribution in [1.82, 2.24) is 4.57 Å². The summed E-state index contributed by atoms with van der Waals surface area (Å²) in [7, 11) is 0. The fraction of sp³-hybridized carbons (Fsp3) is 0.400. The number of ketones is 1. The number of halogens is 3. The number of carbonyl (C=O) groups is 2. The van der Waals surface area contributed by atoms with Crippen LogP contribution in [-0.2, 0) is 6.54 Å². The summed E-state index contributed by atoms with van der Waals surface area (Å²) in [4.78, 5) is 21.9. The first-order chi connectivity index (χ1) is 8.20. The predicted molar refractivity (Wildman–Crippen MR) is 59.9 cm³/mol. The summed E-state index contributed by atoms with van der Waals surface area (Å²) < 4.78 is 36.9. The largest absolute Gasteiger partial charge is 0.477 e. The Morgan fingerprint density at radius 1 is 1.44 bits per heavy atom. The Bertz CT molecular complexity index is 467. The molecule has 0 fully saturated rings. The van der Waals surface area contributed by atoms with E-state index in [1.807, 2.05) is 0 Å². The van der Waals surface area contributed by atoms with Crippen molar-refractivity contribution in [2.75, 3.05) is 5.75 Å². The van der Waals surface area contributed by atoms with Gasteiger partial charge < -0.3 is 9.67 Å². The van der Waals surface area contributed by atoms with Crippen molar-refractivity contribution in [3.8, 4) is 0 Å². The zero-order chi connectivity index (χ0) is 13.9. The van der Waals surface area contributed by atoms with Crippen molar-refractivity contribution in [1.29, 1.82) is 0 Å². The van der Waals surface area contributed by atoms with Gasteiger partial charge in [-0.05, 0) is 24.8 Å². The number of aryl methyl sites for hydroxylation is 1. The predicted octanol–water partition coefficient (Wildman–Crippen LogP) is 2.64. The van der Waals surface area contributed by atoms with Crippen LogP contribution < -0.4 is 0 Å². The molecule has 4 nitrogen and oxygen atoms in total. The minimum absolute atomic E-state index is 0.126. The van der Waals surface area contributed by atoms with Crippen LogP contribution in [0.5, 0.6) is 0 Å². The molecule has 0 aliphatic heterocycles. The van der Waals surface area contributed by atoms with E-state index in [1.165, 1.54) is 13.1 Å². The summed E-state index contributed by atoms with van der Waals surface area (Å²) in [6, 6.07) is 1.16. The summed E-state index contributed by atoms with van der Waals surface area (Å²) in [6.07, 6.45) is 1.25. The topological polar surface area (TPSA) is 59.3 Å². The van der Waals surface area contributed by atoms with Crippen LogP contribution in [0.3, 0.4) is 0 Å². The number of rotatable bonds is 5. The summed E-state index contributed by atoms with van der Waals surface area (Å²) in [5.41, 5.74) is -4.37. The first kappa shape index (κ1) is 14.6. The molecule has 1 aromatic rings. The molecule has 1 N–H and O–H groups in total. The Labute approximate surface area is 105 Å².